The van der Waals surface area contributed by atoms with Crippen molar-refractivity contribution in [2.75, 3.05) is 27.9 Å². The average molecular weight is 407 g/mol. The van der Waals surface area contributed by atoms with Crippen molar-refractivity contribution in [2.45, 2.75) is 6.54 Å². The van der Waals surface area contributed by atoms with Gasteiger partial charge in [-0.1, -0.05) is 42.5 Å². The van der Waals surface area contributed by atoms with Gasteiger partial charge in [0.15, 0.2) is 18.1 Å². The van der Waals surface area contributed by atoms with E-state index in [9.17, 15) is 4.79 Å². The maximum Gasteiger partial charge on any atom is 0.258 e. The van der Waals surface area contributed by atoms with Gasteiger partial charge in [-0.3, -0.25) is 4.79 Å². The molecule has 6 nitrogen and oxygen atoms in total. The molecule has 1 amide bonds. The van der Waals surface area contributed by atoms with Crippen molar-refractivity contribution < 1.29 is 23.7 Å². The molecule has 0 bridgehead atoms. The smallest absolute Gasteiger partial charge is 0.258 e. The topological polar surface area (TPSA) is 66.0 Å². The predicted octanol–water partition coefficient (Wildman–Crippen LogP) is 4.07. The third-order valence-electron chi connectivity index (χ3n) is 4.55. The van der Waals surface area contributed by atoms with Crippen molar-refractivity contribution in [1.29, 1.82) is 0 Å². The first kappa shape index (κ1) is 21.0. The highest BCUT2D eigenvalue weighted by Crippen LogP contribution is 2.38. The monoisotopic (exact) mass is 407 g/mol. The second-order valence-corrected chi connectivity index (χ2v) is 6.49. The van der Waals surface area contributed by atoms with Crippen LogP contribution in [0.2, 0.25) is 0 Å². The molecule has 0 atom stereocenters. The summed E-state index contributed by atoms with van der Waals surface area (Å²) in [5.41, 5.74) is 3.05. The van der Waals surface area contributed by atoms with Gasteiger partial charge in [0.2, 0.25) is 5.75 Å². The maximum atomic E-state index is 12.2. The van der Waals surface area contributed by atoms with Crippen LogP contribution in [0.15, 0.2) is 66.7 Å². The van der Waals surface area contributed by atoms with E-state index in [2.05, 4.69) is 5.32 Å². The van der Waals surface area contributed by atoms with Gasteiger partial charge in [0.1, 0.15) is 5.75 Å². The number of rotatable bonds is 9. The number of amides is 1. The van der Waals surface area contributed by atoms with Crippen LogP contribution in [0.1, 0.15) is 5.56 Å². The van der Waals surface area contributed by atoms with Crippen molar-refractivity contribution in [2.24, 2.45) is 0 Å². The molecule has 0 unspecified atom stereocenters. The Hall–Kier alpha value is -3.67. The van der Waals surface area contributed by atoms with Gasteiger partial charge in [0.25, 0.3) is 5.91 Å². The Morgan fingerprint density at radius 3 is 1.97 bits per heavy atom. The molecular formula is C24H25NO5. The molecule has 1 N–H and O–H groups in total. The van der Waals surface area contributed by atoms with Gasteiger partial charge >= 0.3 is 0 Å². The minimum absolute atomic E-state index is 0.0743. The zero-order valence-corrected chi connectivity index (χ0v) is 17.3. The van der Waals surface area contributed by atoms with Gasteiger partial charge in [-0.2, -0.15) is 0 Å². The van der Waals surface area contributed by atoms with Crippen LogP contribution < -0.4 is 24.3 Å². The highest BCUT2D eigenvalue weighted by molar-refractivity contribution is 5.77. The minimum Gasteiger partial charge on any atom is -0.493 e. The fourth-order valence-electron chi connectivity index (χ4n) is 3.01. The van der Waals surface area contributed by atoms with Crippen molar-refractivity contribution >= 4 is 5.91 Å². The molecule has 0 aromatic heterocycles. The molecule has 0 fully saturated rings. The van der Waals surface area contributed by atoms with Gasteiger partial charge in [-0.05, 0) is 41.0 Å². The van der Waals surface area contributed by atoms with E-state index in [1.807, 2.05) is 54.6 Å². The third kappa shape index (κ3) is 5.23. The van der Waals surface area contributed by atoms with Crippen LogP contribution in [0.3, 0.4) is 0 Å². The van der Waals surface area contributed by atoms with Gasteiger partial charge in [-0.25, -0.2) is 0 Å². The molecule has 3 aromatic rings. The van der Waals surface area contributed by atoms with Crippen LogP contribution in [0.4, 0.5) is 0 Å². The summed E-state index contributed by atoms with van der Waals surface area (Å²) in [6.07, 6.45) is 0. The van der Waals surface area contributed by atoms with Gasteiger partial charge < -0.3 is 24.3 Å². The molecule has 0 heterocycles. The van der Waals surface area contributed by atoms with Gasteiger partial charge in [0.05, 0.1) is 21.3 Å². The van der Waals surface area contributed by atoms with Crippen LogP contribution in [-0.2, 0) is 11.3 Å². The van der Waals surface area contributed by atoms with E-state index in [0.717, 1.165) is 16.7 Å². The lowest BCUT2D eigenvalue weighted by atomic mass is 10.1. The highest BCUT2D eigenvalue weighted by atomic mass is 16.5. The SMILES string of the molecule is COc1cc(CNC(=O)COc2ccc(-c3ccccc3)cc2)cc(OC)c1OC. The van der Waals surface area contributed by atoms with E-state index in [1.165, 1.54) is 0 Å². The minimum atomic E-state index is -0.226. The zero-order valence-electron chi connectivity index (χ0n) is 17.3. The second kappa shape index (κ2) is 10.2. The summed E-state index contributed by atoms with van der Waals surface area (Å²) in [4.78, 5) is 12.2. The largest absolute Gasteiger partial charge is 0.493 e. The molecule has 6 heteroatoms. The Bertz CT molecular complexity index is 946. The molecule has 156 valence electrons. The Labute approximate surface area is 176 Å². The molecule has 30 heavy (non-hydrogen) atoms. The van der Waals surface area contributed by atoms with Crippen LogP contribution >= 0.6 is 0 Å². The molecule has 3 rings (SSSR count). The number of hydrogen-bond donors (Lipinski definition) is 1. The summed E-state index contributed by atoms with van der Waals surface area (Å²) >= 11 is 0. The fourth-order valence-corrected chi connectivity index (χ4v) is 3.01. The average Bonchev–Trinajstić information content (AvgIpc) is 2.81. The summed E-state index contributed by atoms with van der Waals surface area (Å²) < 4.78 is 21.6. The Kier molecular flexibility index (Phi) is 7.16. The van der Waals surface area contributed by atoms with E-state index in [1.54, 1.807) is 33.5 Å². The van der Waals surface area contributed by atoms with E-state index < -0.39 is 0 Å². The van der Waals surface area contributed by atoms with Crippen molar-refractivity contribution in [3.8, 4) is 34.1 Å². The number of hydrogen-bond acceptors (Lipinski definition) is 5. The van der Waals surface area contributed by atoms with Crippen LogP contribution in [0, 0.1) is 0 Å². The number of methoxy groups -OCH3 is 3. The first-order chi connectivity index (χ1) is 14.6. The normalized spacial score (nSPS) is 10.2. The van der Waals surface area contributed by atoms with Crippen LogP contribution in [-0.4, -0.2) is 33.8 Å². The first-order valence-corrected chi connectivity index (χ1v) is 9.48. The maximum absolute atomic E-state index is 12.2. The Balaban J connectivity index is 1.54. The van der Waals surface area contributed by atoms with Crippen LogP contribution in [0.25, 0.3) is 11.1 Å². The molecule has 3 aromatic carbocycles. The molecule has 0 saturated carbocycles. The number of benzene rings is 3. The third-order valence-corrected chi connectivity index (χ3v) is 4.55. The molecular weight excluding hydrogens is 382 g/mol. The van der Waals surface area contributed by atoms with Gasteiger partial charge in [-0.15, -0.1) is 0 Å². The molecule has 0 saturated heterocycles. The lowest BCUT2D eigenvalue weighted by molar-refractivity contribution is -0.123. The number of carbonyl (C=O) groups excluding carboxylic acids is 1. The molecule has 0 aliphatic rings. The quantitative estimate of drug-likeness (QED) is 0.579. The standard InChI is InChI=1S/C24H25NO5/c1-27-21-13-17(14-22(28-2)24(21)29-3)15-25-23(26)16-30-20-11-9-19(10-12-20)18-7-5-4-6-8-18/h4-14H,15-16H2,1-3H3,(H,25,26). The summed E-state index contributed by atoms with van der Waals surface area (Å²) in [5.74, 6) is 2.00. The Morgan fingerprint density at radius 2 is 1.40 bits per heavy atom. The van der Waals surface area contributed by atoms with E-state index in [0.29, 0.717) is 29.5 Å². The second-order valence-electron chi connectivity index (χ2n) is 6.49. The highest BCUT2D eigenvalue weighted by Gasteiger charge is 2.13. The molecule has 0 spiro atoms. The summed E-state index contributed by atoms with van der Waals surface area (Å²) in [6, 6.07) is 21.3. The summed E-state index contributed by atoms with van der Waals surface area (Å²) in [6.45, 7) is 0.237. The predicted molar refractivity (Wildman–Crippen MR) is 115 cm³/mol. The van der Waals surface area contributed by atoms with E-state index in [4.69, 9.17) is 18.9 Å². The molecule has 0 aliphatic heterocycles. The van der Waals surface area contributed by atoms with Crippen molar-refractivity contribution in [3.05, 3.63) is 72.3 Å². The van der Waals surface area contributed by atoms with E-state index >= 15 is 0 Å². The lowest BCUT2D eigenvalue weighted by Gasteiger charge is -2.14. The molecule has 0 radical (unpaired) electrons. The fraction of sp³-hybridized carbons (Fsp3) is 0.208. The lowest BCUT2D eigenvalue weighted by Crippen LogP contribution is -2.28. The Morgan fingerprint density at radius 1 is 0.800 bits per heavy atom. The zero-order chi connectivity index (χ0) is 21.3. The van der Waals surface area contributed by atoms with Gasteiger partial charge in [0, 0.05) is 6.54 Å². The van der Waals surface area contributed by atoms with E-state index in [-0.39, 0.29) is 12.5 Å². The number of carbonyl (C=O) groups is 1. The number of nitrogens with one attached hydrogen (secondary N) is 1. The van der Waals surface area contributed by atoms with Crippen molar-refractivity contribution in [3.63, 3.8) is 0 Å². The summed E-state index contributed by atoms with van der Waals surface area (Å²) in [7, 11) is 4.65. The first-order valence-electron chi connectivity index (χ1n) is 9.48. The van der Waals surface area contributed by atoms with Crippen molar-refractivity contribution in [1.82, 2.24) is 5.32 Å². The number of ether oxygens (including phenoxy) is 4. The molecule has 0 aliphatic carbocycles. The van der Waals surface area contributed by atoms with Crippen LogP contribution in [0.5, 0.6) is 23.0 Å². The summed E-state index contributed by atoms with van der Waals surface area (Å²) in [5, 5.41) is 2.83.